The largest absolute Gasteiger partial charge is 0.383 e. The third-order valence-corrected chi connectivity index (χ3v) is 4.03. The van der Waals surface area contributed by atoms with E-state index >= 15 is 0 Å². The fourth-order valence-electron chi connectivity index (χ4n) is 2.42. The minimum Gasteiger partial charge on any atom is -0.383 e. The number of thiol groups is 1. The summed E-state index contributed by atoms with van der Waals surface area (Å²) in [7, 11) is 3.54. The lowest BCUT2D eigenvalue weighted by Crippen LogP contribution is -2.39. The van der Waals surface area contributed by atoms with Crippen LogP contribution in [0.25, 0.3) is 0 Å². The molecule has 0 rings (SSSR count). The molecule has 0 aliphatic rings. The van der Waals surface area contributed by atoms with Crippen LogP contribution in [0.3, 0.4) is 0 Å². The van der Waals surface area contributed by atoms with E-state index in [0.717, 1.165) is 32.1 Å². The van der Waals surface area contributed by atoms with Gasteiger partial charge in [0.05, 0.1) is 13.2 Å². The van der Waals surface area contributed by atoms with Crippen LogP contribution in [0.4, 0.5) is 0 Å². The van der Waals surface area contributed by atoms with Crippen molar-refractivity contribution in [3.63, 3.8) is 0 Å². The summed E-state index contributed by atoms with van der Waals surface area (Å²) in [5, 5.41) is 0. The van der Waals surface area contributed by atoms with Crippen molar-refractivity contribution >= 4 is 12.6 Å². The van der Waals surface area contributed by atoms with E-state index in [1.807, 2.05) is 0 Å². The predicted octanol–water partition coefficient (Wildman–Crippen LogP) is 3.63. The molecule has 0 radical (unpaired) electrons. The molecule has 0 bridgehead atoms. The standard InChI is InChI=1S/C16H35NO2S/c1-16(15-19-3)17(12-13-18-2)11-9-7-5-4-6-8-10-14-20/h16,20H,4-15H2,1-3H3. The third-order valence-electron chi connectivity index (χ3n) is 3.72. The number of hydrogen-bond acceptors (Lipinski definition) is 4. The maximum absolute atomic E-state index is 5.26. The van der Waals surface area contributed by atoms with Gasteiger partial charge in [-0.3, -0.25) is 4.90 Å². The topological polar surface area (TPSA) is 21.7 Å². The average Bonchev–Trinajstić information content (AvgIpc) is 2.45. The summed E-state index contributed by atoms with van der Waals surface area (Å²) >= 11 is 4.24. The normalized spacial score (nSPS) is 13.1. The van der Waals surface area contributed by atoms with Gasteiger partial charge in [-0.15, -0.1) is 0 Å². The molecule has 0 saturated heterocycles. The molecule has 1 atom stereocenters. The Balaban J connectivity index is 3.62. The lowest BCUT2D eigenvalue weighted by Gasteiger charge is -2.28. The van der Waals surface area contributed by atoms with E-state index in [2.05, 4.69) is 24.5 Å². The van der Waals surface area contributed by atoms with Gasteiger partial charge in [0.2, 0.25) is 0 Å². The van der Waals surface area contributed by atoms with Crippen molar-refractivity contribution in [3.05, 3.63) is 0 Å². The first-order valence-electron chi connectivity index (χ1n) is 8.09. The summed E-state index contributed by atoms with van der Waals surface area (Å²) in [6.07, 6.45) is 9.34. The van der Waals surface area contributed by atoms with Gasteiger partial charge < -0.3 is 9.47 Å². The molecule has 0 aliphatic carbocycles. The van der Waals surface area contributed by atoms with Gasteiger partial charge in [-0.25, -0.2) is 0 Å². The summed E-state index contributed by atoms with van der Waals surface area (Å²) in [5.41, 5.74) is 0. The van der Waals surface area contributed by atoms with Gasteiger partial charge in [-0.2, -0.15) is 12.6 Å². The van der Waals surface area contributed by atoms with Crippen LogP contribution in [0.2, 0.25) is 0 Å². The summed E-state index contributed by atoms with van der Waals surface area (Å²) in [6, 6.07) is 0.477. The van der Waals surface area contributed by atoms with Gasteiger partial charge in [0.15, 0.2) is 0 Å². The maximum atomic E-state index is 5.26. The van der Waals surface area contributed by atoms with Gasteiger partial charge in [-0.05, 0) is 32.1 Å². The summed E-state index contributed by atoms with van der Waals surface area (Å²) in [5.74, 6) is 1.03. The van der Waals surface area contributed by atoms with E-state index in [-0.39, 0.29) is 0 Å². The summed E-state index contributed by atoms with van der Waals surface area (Å²) in [4.78, 5) is 2.48. The van der Waals surface area contributed by atoms with Crippen molar-refractivity contribution in [1.82, 2.24) is 4.90 Å². The molecule has 0 fully saturated rings. The van der Waals surface area contributed by atoms with Crippen LogP contribution in [0, 0.1) is 0 Å². The quantitative estimate of drug-likeness (QED) is 0.369. The second-order valence-corrected chi connectivity index (χ2v) is 5.98. The SMILES string of the molecule is COCCN(CCCCCCCCCS)C(C)COC. The number of rotatable bonds is 15. The smallest absolute Gasteiger partial charge is 0.0615 e. The third kappa shape index (κ3) is 12.0. The number of ether oxygens (including phenoxy) is 2. The highest BCUT2D eigenvalue weighted by Crippen LogP contribution is 2.09. The Labute approximate surface area is 131 Å². The zero-order valence-electron chi connectivity index (χ0n) is 13.8. The number of nitrogens with zero attached hydrogens (tertiary/aromatic N) is 1. The molecule has 0 N–H and O–H groups in total. The van der Waals surface area contributed by atoms with Crippen molar-refractivity contribution in [2.75, 3.05) is 46.3 Å². The van der Waals surface area contributed by atoms with Crippen molar-refractivity contribution in [3.8, 4) is 0 Å². The molecule has 0 aliphatic heterocycles. The molecule has 0 saturated carbocycles. The predicted molar refractivity (Wildman–Crippen MR) is 91.0 cm³/mol. The summed E-state index contributed by atoms with van der Waals surface area (Å²) in [6.45, 7) is 6.00. The molecule has 3 nitrogen and oxygen atoms in total. The van der Waals surface area contributed by atoms with E-state index in [4.69, 9.17) is 9.47 Å². The van der Waals surface area contributed by atoms with E-state index < -0.39 is 0 Å². The fraction of sp³-hybridized carbons (Fsp3) is 1.00. The van der Waals surface area contributed by atoms with Crippen molar-refractivity contribution in [2.45, 2.75) is 57.9 Å². The van der Waals surface area contributed by atoms with Crippen LogP contribution >= 0.6 is 12.6 Å². The van der Waals surface area contributed by atoms with Crippen LogP contribution in [-0.2, 0) is 9.47 Å². The van der Waals surface area contributed by atoms with Gasteiger partial charge >= 0.3 is 0 Å². The first kappa shape index (κ1) is 20.2. The Morgan fingerprint density at radius 2 is 1.45 bits per heavy atom. The maximum Gasteiger partial charge on any atom is 0.0615 e. The van der Waals surface area contributed by atoms with E-state index in [9.17, 15) is 0 Å². The second kappa shape index (κ2) is 15.6. The van der Waals surface area contributed by atoms with E-state index in [1.165, 1.54) is 44.9 Å². The van der Waals surface area contributed by atoms with Crippen LogP contribution in [-0.4, -0.2) is 57.2 Å². The first-order chi connectivity index (χ1) is 9.76. The molecule has 1 unspecified atom stereocenters. The molecule has 0 heterocycles. The zero-order valence-corrected chi connectivity index (χ0v) is 14.7. The Bertz CT molecular complexity index is 193. The average molecular weight is 306 g/mol. The van der Waals surface area contributed by atoms with Crippen molar-refractivity contribution < 1.29 is 9.47 Å². The number of methoxy groups -OCH3 is 2. The molecular weight excluding hydrogens is 270 g/mol. The molecule has 0 aromatic heterocycles. The number of unbranched alkanes of at least 4 members (excludes halogenated alkanes) is 6. The van der Waals surface area contributed by atoms with Gasteiger partial charge in [0, 0.05) is 26.8 Å². The Morgan fingerprint density at radius 1 is 0.850 bits per heavy atom. The van der Waals surface area contributed by atoms with E-state index in [0.29, 0.717) is 6.04 Å². The molecule has 0 aromatic carbocycles. The fourth-order valence-corrected chi connectivity index (χ4v) is 2.64. The van der Waals surface area contributed by atoms with Crippen LogP contribution in [0.15, 0.2) is 0 Å². The Morgan fingerprint density at radius 3 is 2.00 bits per heavy atom. The van der Waals surface area contributed by atoms with Crippen molar-refractivity contribution in [2.24, 2.45) is 0 Å². The van der Waals surface area contributed by atoms with Gasteiger partial charge in [-0.1, -0.05) is 32.1 Å². The van der Waals surface area contributed by atoms with Crippen LogP contribution < -0.4 is 0 Å². The second-order valence-electron chi connectivity index (χ2n) is 5.53. The minimum atomic E-state index is 0.477. The number of hydrogen-bond donors (Lipinski definition) is 1. The molecular formula is C16H35NO2S. The zero-order chi connectivity index (χ0) is 15.1. The van der Waals surface area contributed by atoms with Crippen molar-refractivity contribution in [1.29, 1.82) is 0 Å². The molecule has 122 valence electrons. The monoisotopic (exact) mass is 305 g/mol. The molecule has 0 spiro atoms. The first-order valence-corrected chi connectivity index (χ1v) is 8.72. The lowest BCUT2D eigenvalue weighted by molar-refractivity contribution is 0.0739. The van der Waals surface area contributed by atoms with Gasteiger partial charge in [0.25, 0.3) is 0 Å². The van der Waals surface area contributed by atoms with Gasteiger partial charge in [0.1, 0.15) is 0 Å². The Kier molecular flexibility index (Phi) is 15.8. The lowest BCUT2D eigenvalue weighted by atomic mass is 10.1. The highest BCUT2D eigenvalue weighted by atomic mass is 32.1. The Hall–Kier alpha value is 0.230. The molecule has 0 aromatic rings. The van der Waals surface area contributed by atoms with Crippen LogP contribution in [0.5, 0.6) is 0 Å². The molecule has 4 heteroatoms. The minimum absolute atomic E-state index is 0.477. The molecule has 0 amide bonds. The highest BCUT2D eigenvalue weighted by Gasteiger charge is 2.12. The van der Waals surface area contributed by atoms with Crippen LogP contribution in [0.1, 0.15) is 51.9 Å². The highest BCUT2D eigenvalue weighted by molar-refractivity contribution is 7.80. The van der Waals surface area contributed by atoms with E-state index in [1.54, 1.807) is 14.2 Å². The molecule has 20 heavy (non-hydrogen) atoms. The summed E-state index contributed by atoms with van der Waals surface area (Å²) < 4.78 is 10.5.